The lowest BCUT2D eigenvalue weighted by atomic mass is 9.80. The monoisotopic (exact) mass is 181 g/mol. The maximum atomic E-state index is 8.58. The number of rotatable bonds is 1. The van der Waals surface area contributed by atoms with Gasteiger partial charge >= 0.3 is 0 Å². The second kappa shape index (κ2) is 3.19. The van der Waals surface area contributed by atoms with Crippen LogP contribution in [0.1, 0.15) is 40.5 Å². The highest BCUT2D eigenvalue weighted by Gasteiger charge is 2.37. The first kappa shape index (κ1) is 10.3. The van der Waals surface area contributed by atoms with Crippen molar-refractivity contribution < 1.29 is 0 Å². The summed E-state index contributed by atoms with van der Waals surface area (Å²) in [6, 6.07) is 0.316. The molecule has 0 spiro atoms. The van der Waals surface area contributed by atoms with E-state index in [1.54, 1.807) is 0 Å². The van der Waals surface area contributed by atoms with Gasteiger partial charge in [-0.15, -0.1) is 0 Å². The lowest BCUT2D eigenvalue weighted by molar-refractivity contribution is 0.154. The molecule has 0 atom stereocenters. The first-order valence-corrected chi connectivity index (χ1v) is 4.79. The van der Waals surface area contributed by atoms with Crippen molar-refractivity contribution in [2.24, 2.45) is 0 Å². The van der Waals surface area contributed by atoms with Gasteiger partial charge in [0.25, 0.3) is 0 Å². The highest BCUT2D eigenvalue weighted by atomic mass is 15.1. The molecule has 3 heteroatoms. The Kier molecular flexibility index (Phi) is 2.53. The Labute approximate surface area is 80.5 Å². The zero-order chi connectivity index (χ0) is 10.1. The molecular formula is C10H19N3. The van der Waals surface area contributed by atoms with Crippen molar-refractivity contribution in [3.63, 3.8) is 0 Å². The molecule has 0 aromatic heterocycles. The quantitative estimate of drug-likeness (QED) is 0.474. The highest BCUT2D eigenvalue weighted by Crippen LogP contribution is 2.28. The van der Waals surface area contributed by atoms with Gasteiger partial charge in [0, 0.05) is 17.1 Å². The van der Waals surface area contributed by atoms with E-state index in [1.807, 2.05) is 6.19 Å². The molecule has 0 amide bonds. The zero-order valence-corrected chi connectivity index (χ0v) is 8.94. The minimum absolute atomic E-state index is 0.121. The van der Waals surface area contributed by atoms with E-state index < -0.39 is 0 Å². The maximum absolute atomic E-state index is 8.58. The van der Waals surface area contributed by atoms with Crippen LogP contribution in [0.5, 0.6) is 0 Å². The first-order valence-electron chi connectivity index (χ1n) is 4.79. The van der Waals surface area contributed by atoms with Crippen LogP contribution in [0.4, 0.5) is 0 Å². The van der Waals surface area contributed by atoms with Crippen molar-refractivity contribution in [2.75, 3.05) is 0 Å². The van der Waals surface area contributed by atoms with Gasteiger partial charge in [0.05, 0.1) is 0 Å². The Morgan fingerprint density at radius 2 is 1.69 bits per heavy atom. The van der Waals surface area contributed by atoms with Crippen LogP contribution in [0.3, 0.4) is 0 Å². The summed E-state index contributed by atoms with van der Waals surface area (Å²) in [5, 5.41) is 15.0. The summed E-state index contributed by atoms with van der Waals surface area (Å²) in [6.45, 7) is 8.72. The van der Waals surface area contributed by atoms with Gasteiger partial charge in [-0.3, -0.25) is 0 Å². The molecule has 1 aliphatic heterocycles. The number of nitriles is 1. The van der Waals surface area contributed by atoms with Gasteiger partial charge in [0.15, 0.2) is 6.19 Å². The van der Waals surface area contributed by atoms with Crippen molar-refractivity contribution in [1.29, 1.82) is 5.26 Å². The molecule has 1 aliphatic rings. The van der Waals surface area contributed by atoms with Crippen molar-refractivity contribution in [3.05, 3.63) is 0 Å². The molecule has 0 unspecified atom stereocenters. The molecule has 1 saturated heterocycles. The van der Waals surface area contributed by atoms with Crippen LogP contribution in [0.15, 0.2) is 0 Å². The van der Waals surface area contributed by atoms with Crippen LogP contribution in [0, 0.1) is 11.5 Å². The van der Waals surface area contributed by atoms with Crippen molar-refractivity contribution in [2.45, 2.75) is 57.7 Å². The van der Waals surface area contributed by atoms with E-state index in [0.29, 0.717) is 6.04 Å². The second-order valence-corrected chi connectivity index (χ2v) is 5.25. The summed E-state index contributed by atoms with van der Waals surface area (Å²) in [4.78, 5) is 0. The Morgan fingerprint density at radius 1 is 1.23 bits per heavy atom. The van der Waals surface area contributed by atoms with E-state index in [-0.39, 0.29) is 11.1 Å². The summed E-state index contributed by atoms with van der Waals surface area (Å²) < 4.78 is 0. The van der Waals surface area contributed by atoms with E-state index in [2.05, 4.69) is 38.3 Å². The fourth-order valence-electron chi connectivity index (χ4n) is 2.52. The fraction of sp³-hybridized carbons (Fsp3) is 0.900. The number of nitrogens with zero attached hydrogens (tertiary/aromatic N) is 1. The molecule has 1 heterocycles. The third kappa shape index (κ3) is 2.89. The summed E-state index contributed by atoms with van der Waals surface area (Å²) in [5.41, 5.74) is 0.243. The third-order valence-electron chi connectivity index (χ3n) is 2.46. The maximum Gasteiger partial charge on any atom is 0.176 e. The molecular weight excluding hydrogens is 162 g/mol. The van der Waals surface area contributed by atoms with Crippen LogP contribution in [0.25, 0.3) is 0 Å². The Balaban J connectivity index is 2.67. The molecule has 0 saturated carbocycles. The summed E-state index contributed by atoms with van der Waals surface area (Å²) in [5.74, 6) is 0. The zero-order valence-electron chi connectivity index (χ0n) is 8.94. The number of nitrogens with one attached hydrogen (secondary N) is 2. The summed E-state index contributed by atoms with van der Waals surface area (Å²) in [7, 11) is 0. The van der Waals surface area contributed by atoms with E-state index in [4.69, 9.17) is 5.26 Å². The smallest absolute Gasteiger partial charge is 0.176 e. The molecule has 1 fully saturated rings. The van der Waals surface area contributed by atoms with Crippen LogP contribution in [0.2, 0.25) is 0 Å². The van der Waals surface area contributed by atoms with Gasteiger partial charge in [-0.05, 0) is 40.5 Å². The third-order valence-corrected chi connectivity index (χ3v) is 2.46. The predicted octanol–water partition coefficient (Wildman–Crippen LogP) is 1.37. The van der Waals surface area contributed by atoms with Gasteiger partial charge in [-0.2, -0.15) is 5.26 Å². The van der Waals surface area contributed by atoms with Gasteiger partial charge in [-0.25, -0.2) is 0 Å². The van der Waals surface area contributed by atoms with Crippen LogP contribution in [-0.2, 0) is 0 Å². The van der Waals surface area contributed by atoms with E-state index >= 15 is 0 Å². The summed E-state index contributed by atoms with van der Waals surface area (Å²) in [6.07, 6.45) is 4.04. The van der Waals surface area contributed by atoms with Gasteiger partial charge in [-0.1, -0.05) is 0 Å². The largest absolute Gasteiger partial charge is 0.321 e. The topological polar surface area (TPSA) is 47.9 Å². The van der Waals surface area contributed by atoms with E-state index in [1.165, 1.54) is 0 Å². The van der Waals surface area contributed by atoms with Crippen LogP contribution >= 0.6 is 0 Å². The Morgan fingerprint density at radius 3 is 2.08 bits per heavy atom. The molecule has 13 heavy (non-hydrogen) atoms. The van der Waals surface area contributed by atoms with Gasteiger partial charge in [0.1, 0.15) is 0 Å². The SMILES string of the molecule is CC1(C)CC(NC#N)CC(C)(C)N1. The highest BCUT2D eigenvalue weighted by molar-refractivity contribution is 5.00. The van der Waals surface area contributed by atoms with Gasteiger partial charge in [0.2, 0.25) is 0 Å². The molecule has 2 N–H and O–H groups in total. The fourth-order valence-corrected chi connectivity index (χ4v) is 2.52. The molecule has 0 radical (unpaired) electrons. The van der Waals surface area contributed by atoms with E-state index in [0.717, 1.165) is 12.8 Å². The van der Waals surface area contributed by atoms with Crippen LogP contribution < -0.4 is 10.6 Å². The standard InChI is InChI=1S/C10H19N3/c1-9(2)5-8(12-7-11)6-10(3,4)13-9/h8,12-13H,5-6H2,1-4H3. The van der Waals surface area contributed by atoms with Crippen molar-refractivity contribution >= 4 is 0 Å². The molecule has 0 aromatic rings. The Bertz CT molecular complexity index is 209. The minimum atomic E-state index is 0.121. The molecule has 0 bridgehead atoms. The first-order chi connectivity index (χ1) is 5.85. The average molecular weight is 181 g/mol. The predicted molar refractivity (Wildman–Crippen MR) is 53.1 cm³/mol. The Hall–Kier alpha value is -0.750. The number of hydrogen-bond donors (Lipinski definition) is 2. The number of piperidine rings is 1. The normalized spacial score (nSPS) is 26.4. The molecule has 0 aromatic carbocycles. The average Bonchev–Trinajstić information content (AvgIpc) is 1.78. The molecule has 74 valence electrons. The molecule has 3 nitrogen and oxygen atoms in total. The second-order valence-electron chi connectivity index (χ2n) is 5.25. The molecule has 0 aliphatic carbocycles. The lowest BCUT2D eigenvalue weighted by Gasteiger charge is -2.46. The van der Waals surface area contributed by atoms with Crippen molar-refractivity contribution in [3.8, 4) is 6.19 Å². The molecule has 1 rings (SSSR count). The number of hydrogen-bond acceptors (Lipinski definition) is 3. The summed E-state index contributed by atoms with van der Waals surface area (Å²) >= 11 is 0. The van der Waals surface area contributed by atoms with Gasteiger partial charge < -0.3 is 10.6 Å². The van der Waals surface area contributed by atoms with Crippen molar-refractivity contribution in [1.82, 2.24) is 10.6 Å². The lowest BCUT2D eigenvalue weighted by Crippen LogP contribution is -2.61. The van der Waals surface area contributed by atoms with Crippen LogP contribution in [-0.4, -0.2) is 17.1 Å². The van der Waals surface area contributed by atoms with E-state index in [9.17, 15) is 0 Å². The minimum Gasteiger partial charge on any atom is -0.321 e.